The summed E-state index contributed by atoms with van der Waals surface area (Å²) in [6, 6.07) is 9.95. The van der Waals surface area contributed by atoms with Gasteiger partial charge in [0.05, 0.1) is 11.8 Å². The smallest absolute Gasteiger partial charge is 0.254 e. The summed E-state index contributed by atoms with van der Waals surface area (Å²) in [4.78, 5) is 26.0. The number of likely N-dealkylation sites (tertiary alicyclic amines) is 1. The van der Waals surface area contributed by atoms with Gasteiger partial charge < -0.3 is 10.2 Å². The molecule has 6 nitrogen and oxygen atoms in total. The number of carbonyl (C=O) groups is 2. The summed E-state index contributed by atoms with van der Waals surface area (Å²) in [6.07, 6.45) is 2.00. The Labute approximate surface area is 134 Å². The summed E-state index contributed by atoms with van der Waals surface area (Å²) < 4.78 is 0. The van der Waals surface area contributed by atoms with Crippen LogP contribution >= 0.6 is 0 Å². The molecule has 2 N–H and O–H groups in total. The average molecular weight is 312 g/mol. The largest absolute Gasteiger partial charge is 0.352 e. The van der Waals surface area contributed by atoms with Crippen LogP contribution in [0.15, 0.2) is 36.5 Å². The molecule has 1 atom stereocenters. The number of hydrogen-bond acceptors (Lipinski definition) is 3. The Bertz CT molecular complexity index is 696. The van der Waals surface area contributed by atoms with E-state index in [1.54, 1.807) is 0 Å². The molecule has 0 bridgehead atoms. The molecule has 0 spiro atoms. The molecule has 0 radical (unpaired) electrons. The molecule has 2 aromatic rings. The van der Waals surface area contributed by atoms with E-state index >= 15 is 0 Å². The first-order valence-electron chi connectivity index (χ1n) is 7.73. The predicted octanol–water partition coefficient (Wildman–Crippen LogP) is 1.50. The Kier molecular flexibility index (Phi) is 4.41. The van der Waals surface area contributed by atoms with Gasteiger partial charge in [0.1, 0.15) is 0 Å². The molecule has 1 aliphatic heterocycles. The normalized spacial score (nSPS) is 17.5. The van der Waals surface area contributed by atoms with E-state index in [4.69, 9.17) is 0 Å². The highest BCUT2D eigenvalue weighted by Gasteiger charge is 2.29. The minimum absolute atomic E-state index is 0.146. The predicted molar refractivity (Wildman–Crippen MR) is 85.6 cm³/mol. The van der Waals surface area contributed by atoms with Crippen LogP contribution in [0.1, 0.15) is 28.0 Å². The van der Waals surface area contributed by atoms with E-state index in [0.717, 1.165) is 11.3 Å². The standard InChI is InChI=1S/C17H20N4O2/c1-12-15(9-19-20-12)17(23)18-8-14-7-16(22)21(11-14)10-13-5-3-2-4-6-13/h2-6,9,14H,7-8,10-11H2,1H3,(H,18,23)(H,19,20)/t14-/m1/s1. The lowest BCUT2D eigenvalue weighted by atomic mass is 10.1. The molecule has 120 valence electrons. The first-order valence-corrected chi connectivity index (χ1v) is 7.73. The summed E-state index contributed by atoms with van der Waals surface area (Å²) in [5, 5.41) is 9.49. The van der Waals surface area contributed by atoms with Crippen LogP contribution in [-0.4, -0.2) is 40.0 Å². The molecule has 23 heavy (non-hydrogen) atoms. The first kappa shape index (κ1) is 15.3. The van der Waals surface area contributed by atoms with Crippen molar-refractivity contribution in [3.63, 3.8) is 0 Å². The molecule has 2 amide bonds. The monoisotopic (exact) mass is 312 g/mol. The quantitative estimate of drug-likeness (QED) is 0.878. The number of nitrogens with zero attached hydrogens (tertiary/aromatic N) is 2. The van der Waals surface area contributed by atoms with E-state index < -0.39 is 0 Å². The molecule has 1 aliphatic rings. The highest BCUT2D eigenvalue weighted by atomic mass is 16.2. The summed E-state index contributed by atoms with van der Waals surface area (Å²) in [5.41, 5.74) is 2.42. The van der Waals surface area contributed by atoms with Crippen LogP contribution in [0.5, 0.6) is 0 Å². The van der Waals surface area contributed by atoms with Gasteiger partial charge in [0, 0.05) is 37.7 Å². The van der Waals surface area contributed by atoms with Gasteiger partial charge >= 0.3 is 0 Å². The number of H-pyrrole nitrogens is 1. The summed E-state index contributed by atoms with van der Waals surface area (Å²) in [6.45, 7) is 3.62. The van der Waals surface area contributed by atoms with Crippen molar-refractivity contribution in [1.29, 1.82) is 0 Å². The molecular weight excluding hydrogens is 292 g/mol. The number of hydrogen-bond donors (Lipinski definition) is 2. The molecule has 3 rings (SSSR count). The van der Waals surface area contributed by atoms with Gasteiger partial charge in [-0.1, -0.05) is 30.3 Å². The number of benzene rings is 1. The first-order chi connectivity index (χ1) is 11.1. The van der Waals surface area contributed by atoms with Crippen LogP contribution in [0.25, 0.3) is 0 Å². The zero-order valence-corrected chi connectivity index (χ0v) is 13.1. The van der Waals surface area contributed by atoms with E-state index in [0.29, 0.717) is 31.6 Å². The fourth-order valence-corrected chi connectivity index (χ4v) is 2.86. The molecule has 1 saturated heterocycles. The van der Waals surface area contributed by atoms with Crippen molar-refractivity contribution in [3.8, 4) is 0 Å². The Morgan fingerprint density at radius 3 is 2.87 bits per heavy atom. The van der Waals surface area contributed by atoms with E-state index in [-0.39, 0.29) is 17.7 Å². The summed E-state index contributed by atoms with van der Waals surface area (Å²) in [7, 11) is 0. The molecule has 0 saturated carbocycles. The fourth-order valence-electron chi connectivity index (χ4n) is 2.86. The zero-order chi connectivity index (χ0) is 16.2. The summed E-state index contributed by atoms with van der Waals surface area (Å²) in [5.74, 6) is 0.153. The maximum Gasteiger partial charge on any atom is 0.254 e. The van der Waals surface area contributed by atoms with Crippen LogP contribution in [0.3, 0.4) is 0 Å². The number of carbonyl (C=O) groups excluding carboxylic acids is 2. The Morgan fingerprint density at radius 2 is 2.17 bits per heavy atom. The van der Waals surface area contributed by atoms with Gasteiger partial charge in [-0.25, -0.2) is 0 Å². The van der Waals surface area contributed by atoms with Crippen LogP contribution in [0.2, 0.25) is 0 Å². The maximum atomic E-state index is 12.1. The van der Waals surface area contributed by atoms with Crippen molar-refractivity contribution in [1.82, 2.24) is 20.4 Å². The number of rotatable bonds is 5. The second kappa shape index (κ2) is 6.64. The zero-order valence-electron chi connectivity index (χ0n) is 13.1. The van der Waals surface area contributed by atoms with E-state index in [1.165, 1.54) is 6.20 Å². The number of nitrogens with one attached hydrogen (secondary N) is 2. The Morgan fingerprint density at radius 1 is 1.39 bits per heavy atom. The van der Waals surface area contributed by atoms with Crippen LogP contribution < -0.4 is 5.32 Å². The molecule has 1 aromatic heterocycles. The minimum atomic E-state index is -0.148. The lowest BCUT2D eigenvalue weighted by Crippen LogP contribution is -2.31. The van der Waals surface area contributed by atoms with Crippen LogP contribution in [0.4, 0.5) is 0 Å². The molecule has 0 unspecified atom stereocenters. The molecule has 0 aliphatic carbocycles. The lowest BCUT2D eigenvalue weighted by molar-refractivity contribution is -0.128. The number of aromatic amines is 1. The van der Waals surface area contributed by atoms with Gasteiger partial charge in [0.2, 0.25) is 5.91 Å². The van der Waals surface area contributed by atoms with Crippen LogP contribution in [-0.2, 0) is 11.3 Å². The molecule has 6 heteroatoms. The number of aromatic nitrogens is 2. The second-order valence-corrected chi connectivity index (χ2v) is 5.95. The van der Waals surface area contributed by atoms with Crippen molar-refractivity contribution in [2.75, 3.05) is 13.1 Å². The molecular formula is C17H20N4O2. The van der Waals surface area contributed by atoms with Crippen LogP contribution in [0, 0.1) is 12.8 Å². The van der Waals surface area contributed by atoms with Crippen molar-refractivity contribution in [2.45, 2.75) is 19.9 Å². The van der Waals surface area contributed by atoms with Gasteiger partial charge in [0.25, 0.3) is 5.91 Å². The highest BCUT2D eigenvalue weighted by molar-refractivity contribution is 5.95. The van der Waals surface area contributed by atoms with Crippen molar-refractivity contribution >= 4 is 11.8 Å². The summed E-state index contributed by atoms with van der Waals surface area (Å²) >= 11 is 0. The highest BCUT2D eigenvalue weighted by Crippen LogP contribution is 2.19. The average Bonchev–Trinajstić information content (AvgIpc) is 3.12. The van der Waals surface area contributed by atoms with Crippen molar-refractivity contribution < 1.29 is 9.59 Å². The van der Waals surface area contributed by atoms with Gasteiger partial charge in [-0.3, -0.25) is 14.7 Å². The SMILES string of the molecule is Cc1[nH]ncc1C(=O)NC[C@H]1CC(=O)N(Cc2ccccc2)C1. The van der Waals surface area contributed by atoms with Crippen molar-refractivity contribution in [3.05, 3.63) is 53.3 Å². The lowest BCUT2D eigenvalue weighted by Gasteiger charge is -2.17. The third-order valence-electron chi connectivity index (χ3n) is 4.14. The van der Waals surface area contributed by atoms with Gasteiger partial charge in [-0.15, -0.1) is 0 Å². The molecule has 2 heterocycles. The second-order valence-electron chi connectivity index (χ2n) is 5.95. The molecule has 1 aromatic carbocycles. The topological polar surface area (TPSA) is 78.1 Å². The third-order valence-corrected chi connectivity index (χ3v) is 4.14. The fraction of sp³-hybridized carbons (Fsp3) is 0.353. The van der Waals surface area contributed by atoms with Gasteiger partial charge in [-0.2, -0.15) is 5.10 Å². The minimum Gasteiger partial charge on any atom is -0.352 e. The maximum absolute atomic E-state index is 12.1. The van der Waals surface area contributed by atoms with Crippen molar-refractivity contribution in [2.24, 2.45) is 5.92 Å². The van der Waals surface area contributed by atoms with E-state index in [1.807, 2.05) is 42.2 Å². The Hall–Kier alpha value is -2.63. The number of amides is 2. The van der Waals surface area contributed by atoms with E-state index in [9.17, 15) is 9.59 Å². The van der Waals surface area contributed by atoms with Gasteiger partial charge in [-0.05, 0) is 12.5 Å². The molecule has 1 fully saturated rings. The van der Waals surface area contributed by atoms with Gasteiger partial charge in [0.15, 0.2) is 0 Å². The Balaban J connectivity index is 1.52. The number of aryl methyl sites for hydroxylation is 1. The third kappa shape index (κ3) is 3.59. The van der Waals surface area contributed by atoms with E-state index in [2.05, 4.69) is 15.5 Å².